The second-order valence-corrected chi connectivity index (χ2v) is 5.92. The number of thioether (sulfide) groups is 1. The largest absolute Gasteiger partial charge is 0.327 e. The molecule has 1 atom stereocenters. The Balaban J connectivity index is 2.30. The number of nitrogens with zero attached hydrogens (tertiary/aromatic N) is 1. The molecule has 0 amide bonds. The summed E-state index contributed by atoms with van der Waals surface area (Å²) < 4.78 is 0. The summed E-state index contributed by atoms with van der Waals surface area (Å²) in [6.45, 7) is 4.06. The minimum Gasteiger partial charge on any atom is -0.327 e. The summed E-state index contributed by atoms with van der Waals surface area (Å²) >= 11 is 8.15. The van der Waals surface area contributed by atoms with Crippen molar-refractivity contribution in [2.45, 2.75) is 25.6 Å². The van der Waals surface area contributed by atoms with Crippen LogP contribution in [0.3, 0.4) is 0 Å². The lowest BCUT2D eigenvalue weighted by Crippen LogP contribution is -2.17. The van der Waals surface area contributed by atoms with Crippen LogP contribution in [0.5, 0.6) is 0 Å². The Kier molecular flexibility index (Phi) is 4.49. The van der Waals surface area contributed by atoms with E-state index in [1.165, 1.54) is 0 Å². The molecule has 2 N–H and O–H groups in total. The van der Waals surface area contributed by atoms with Gasteiger partial charge in [0.05, 0.1) is 16.2 Å². The number of rotatable bonds is 4. The summed E-state index contributed by atoms with van der Waals surface area (Å²) in [6.07, 6.45) is 0. The monoisotopic (exact) mass is 280 g/mol. The van der Waals surface area contributed by atoms with Crippen LogP contribution < -0.4 is 5.73 Å². The number of nitrogens with two attached hydrogens (primary N) is 1. The highest BCUT2D eigenvalue weighted by Gasteiger charge is 2.10. The summed E-state index contributed by atoms with van der Waals surface area (Å²) in [5.74, 6) is 1.73. The van der Waals surface area contributed by atoms with E-state index >= 15 is 0 Å². The molecule has 2 rings (SSSR count). The van der Waals surface area contributed by atoms with E-state index in [-0.39, 0.29) is 6.04 Å². The second-order valence-electron chi connectivity index (χ2n) is 4.51. The molecule has 0 saturated carbocycles. The molecular weight excluding hydrogens is 264 g/mol. The normalized spacial score (nSPS) is 12.9. The number of fused-ring (bicyclic) bond motifs is 1. The van der Waals surface area contributed by atoms with E-state index in [9.17, 15) is 0 Å². The van der Waals surface area contributed by atoms with Gasteiger partial charge in [-0.1, -0.05) is 29.8 Å². The van der Waals surface area contributed by atoms with Crippen LogP contribution in [0.4, 0.5) is 0 Å². The van der Waals surface area contributed by atoms with Crippen molar-refractivity contribution in [3.63, 3.8) is 0 Å². The van der Waals surface area contributed by atoms with Gasteiger partial charge in [-0.15, -0.1) is 0 Å². The first kappa shape index (κ1) is 13.7. The number of hydrogen-bond acceptors (Lipinski definition) is 3. The van der Waals surface area contributed by atoms with Gasteiger partial charge in [0.2, 0.25) is 0 Å². The summed E-state index contributed by atoms with van der Waals surface area (Å²) in [6, 6.07) is 8.30. The highest BCUT2D eigenvalue weighted by Crippen LogP contribution is 2.29. The fraction of sp³-hybridized carbons (Fsp3) is 0.357. The Morgan fingerprint density at radius 1 is 1.39 bits per heavy atom. The van der Waals surface area contributed by atoms with Crippen LogP contribution in [0, 0.1) is 6.92 Å². The van der Waals surface area contributed by atoms with E-state index < -0.39 is 0 Å². The molecular formula is C14H17ClN2S. The molecule has 2 aromatic rings. The van der Waals surface area contributed by atoms with Crippen LogP contribution in [0.15, 0.2) is 24.3 Å². The average molecular weight is 281 g/mol. The van der Waals surface area contributed by atoms with E-state index in [4.69, 9.17) is 17.3 Å². The van der Waals surface area contributed by atoms with Crippen LogP contribution >= 0.6 is 23.4 Å². The lowest BCUT2D eigenvalue weighted by atomic mass is 10.1. The molecule has 0 aliphatic rings. The van der Waals surface area contributed by atoms with Gasteiger partial charge >= 0.3 is 0 Å². The zero-order chi connectivity index (χ0) is 13.1. The standard InChI is InChI=1S/C14H17ClN2S/c1-9(16)7-18-8-13-14(15)10(2)11-5-3-4-6-12(11)17-13/h3-6,9H,7-8,16H2,1-2H3. The Morgan fingerprint density at radius 3 is 2.83 bits per heavy atom. The van der Waals surface area contributed by atoms with Gasteiger partial charge in [-0.05, 0) is 25.5 Å². The molecule has 18 heavy (non-hydrogen) atoms. The Labute approximate surface area is 117 Å². The van der Waals surface area contributed by atoms with E-state index in [1.807, 2.05) is 32.0 Å². The number of aromatic nitrogens is 1. The lowest BCUT2D eigenvalue weighted by molar-refractivity contribution is 0.847. The molecule has 0 fully saturated rings. The van der Waals surface area contributed by atoms with Gasteiger partial charge in [0.15, 0.2) is 0 Å². The van der Waals surface area contributed by atoms with Crippen molar-refractivity contribution in [2.24, 2.45) is 5.73 Å². The molecule has 0 radical (unpaired) electrons. The van der Waals surface area contributed by atoms with Gasteiger partial charge in [-0.25, -0.2) is 0 Å². The minimum atomic E-state index is 0.204. The third-order valence-electron chi connectivity index (χ3n) is 2.77. The Bertz CT molecular complexity index is 555. The van der Waals surface area contributed by atoms with Crippen molar-refractivity contribution in [1.82, 2.24) is 4.98 Å². The number of benzene rings is 1. The zero-order valence-corrected chi connectivity index (χ0v) is 12.2. The molecule has 1 aromatic heterocycles. The molecule has 1 heterocycles. The van der Waals surface area contributed by atoms with E-state index in [0.717, 1.165) is 38.7 Å². The summed E-state index contributed by atoms with van der Waals surface area (Å²) in [7, 11) is 0. The molecule has 2 nitrogen and oxygen atoms in total. The number of pyridine rings is 1. The van der Waals surface area contributed by atoms with Crippen molar-refractivity contribution >= 4 is 34.3 Å². The summed E-state index contributed by atoms with van der Waals surface area (Å²) in [4.78, 5) is 4.64. The van der Waals surface area contributed by atoms with E-state index in [1.54, 1.807) is 11.8 Å². The van der Waals surface area contributed by atoms with Gasteiger partial charge < -0.3 is 5.73 Å². The van der Waals surface area contributed by atoms with Crippen LogP contribution in [0.2, 0.25) is 5.02 Å². The number of para-hydroxylation sites is 1. The minimum absolute atomic E-state index is 0.204. The topological polar surface area (TPSA) is 38.9 Å². The Hall–Kier alpha value is -0.770. The van der Waals surface area contributed by atoms with Gasteiger partial charge in [0.25, 0.3) is 0 Å². The van der Waals surface area contributed by atoms with Gasteiger partial charge in [0, 0.05) is 22.9 Å². The highest BCUT2D eigenvalue weighted by molar-refractivity contribution is 7.98. The third-order valence-corrected chi connectivity index (χ3v) is 4.51. The number of halogens is 1. The third kappa shape index (κ3) is 2.97. The predicted molar refractivity (Wildman–Crippen MR) is 81.3 cm³/mol. The fourth-order valence-corrected chi connectivity index (χ4v) is 3.04. The van der Waals surface area contributed by atoms with Crippen LogP contribution in [-0.2, 0) is 5.75 Å². The average Bonchev–Trinajstić information content (AvgIpc) is 2.35. The molecule has 0 saturated heterocycles. The van der Waals surface area contributed by atoms with Gasteiger partial charge in [-0.3, -0.25) is 4.98 Å². The number of aryl methyl sites for hydroxylation is 1. The maximum absolute atomic E-state index is 6.38. The first-order valence-electron chi connectivity index (χ1n) is 5.96. The molecule has 1 unspecified atom stereocenters. The van der Waals surface area contributed by atoms with Crippen molar-refractivity contribution in [3.05, 3.63) is 40.5 Å². The van der Waals surface area contributed by atoms with E-state index in [2.05, 4.69) is 11.1 Å². The maximum Gasteiger partial charge on any atom is 0.0709 e. The molecule has 1 aromatic carbocycles. The molecule has 0 spiro atoms. The van der Waals surface area contributed by atoms with Crippen LogP contribution in [-0.4, -0.2) is 16.8 Å². The smallest absolute Gasteiger partial charge is 0.0709 e. The van der Waals surface area contributed by atoms with Crippen molar-refractivity contribution < 1.29 is 0 Å². The molecule has 0 aliphatic carbocycles. The maximum atomic E-state index is 6.38. The fourth-order valence-electron chi connectivity index (χ4n) is 1.85. The molecule has 0 bridgehead atoms. The zero-order valence-electron chi connectivity index (χ0n) is 10.6. The van der Waals surface area contributed by atoms with E-state index in [0.29, 0.717) is 0 Å². The SMILES string of the molecule is Cc1c(Cl)c(CSCC(C)N)nc2ccccc12. The van der Waals surface area contributed by atoms with Crippen molar-refractivity contribution in [3.8, 4) is 0 Å². The highest BCUT2D eigenvalue weighted by atomic mass is 35.5. The first-order valence-corrected chi connectivity index (χ1v) is 7.50. The second kappa shape index (κ2) is 5.91. The van der Waals surface area contributed by atoms with Crippen LogP contribution in [0.25, 0.3) is 10.9 Å². The van der Waals surface area contributed by atoms with Crippen molar-refractivity contribution in [1.29, 1.82) is 0 Å². The predicted octanol–water partition coefficient (Wildman–Crippen LogP) is 3.78. The first-order chi connectivity index (χ1) is 8.59. The van der Waals surface area contributed by atoms with Crippen LogP contribution in [0.1, 0.15) is 18.2 Å². The summed E-state index contributed by atoms with van der Waals surface area (Å²) in [5, 5.41) is 1.91. The Morgan fingerprint density at radius 2 is 2.11 bits per heavy atom. The van der Waals surface area contributed by atoms with Crippen molar-refractivity contribution in [2.75, 3.05) is 5.75 Å². The summed E-state index contributed by atoms with van der Waals surface area (Å²) in [5.41, 5.74) is 8.82. The molecule has 4 heteroatoms. The van der Waals surface area contributed by atoms with Gasteiger partial charge in [0.1, 0.15) is 0 Å². The molecule has 0 aliphatic heterocycles. The lowest BCUT2D eigenvalue weighted by Gasteiger charge is -2.10. The quantitative estimate of drug-likeness (QED) is 0.926. The van der Waals surface area contributed by atoms with Gasteiger partial charge in [-0.2, -0.15) is 11.8 Å². The molecule has 96 valence electrons. The number of hydrogen-bond donors (Lipinski definition) is 1.